The van der Waals surface area contributed by atoms with Crippen molar-refractivity contribution in [3.8, 4) is 0 Å². The van der Waals surface area contributed by atoms with Crippen molar-refractivity contribution in [2.75, 3.05) is 26.7 Å². The standard InChI is InChI=1S/C16H28N2O2/c1-16-7-10-18(14(16)4-3-13(19)11-16)15(20)12-5-8-17(2)9-6-12/h12-14,19H,3-11H2,1-2H3/t13-,14-,16+/m1/s1. The van der Waals surface area contributed by atoms with E-state index in [0.29, 0.717) is 11.9 Å². The summed E-state index contributed by atoms with van der Waals surface area (Å²) in [6.07, 6.45) is 5.64. The minimum atomic E-state index is -0.158. The lowest BCUT2D eigenvalue weighted by molar-refractivity contribution is -0.140. The van der Waals surface area contributed by atoms with E-state index in [1.807, 2.05) is 0 Å². The highest BCUT2D eigenvalue weighted by Crippen LogP contribution is 2.47. The summed E-state index contributed by atoms with van der Waals surface area (Å²) in [5.74, 6) is 0.628. The number of nitrogens with zero attached hydrogens (tertiary/aromatic N) is 2. The summed E-state index contributed by atoms with van der Waals surface area (Å²) in [6, 6.07) is 0.373. The van der Waals surface area contributed by atoms with Crippen molar-refractivity contribution in [1.29, 1.82) is 0 Å². The predicted molar refractivity (Wildman–Crippen MR) is 78.3 cm³/mol. The van der Waals surface area contributed by atoms with Crippen LogP contribution in [0.3, 0.4) is 0 Å². The summed E-state index contributed by atoms with van der Waals surface area (Å²) in [6.45, 7) is 5.26. The van der Waals surface area contributed by atoms with Crippen LogP contribution < -0.4 is 0 Å². The summed E-state index contributed by atoms with van der Waals surface area (Å²) < 4.78 is 0. The Kier molecular flexibility index (Phi) is 3.80. The lowest BCUT2D eigenvalue weighted by atomic mass is 9.71. The fourth-order valence-electron chi connectivity index (χ4n) is 4.56. The van der Waals surface area contributed by atoms with Gasteiger partial charge in [-0.05, 0) is 64.1 Å². The van der Waals surface area contributed by atoms with Crippen molar-refractivity contribution in [2.24, 2.45) is 11.3 Å². The lowest BCUT2D eigenvalue weighted by Gasteiger charge is -2.42. The lowest BCUT2D eigenvalue weighted by Crippen LogP contribution is -2.49. The molecule has 1 saturated carbocycles. The number of piperidine rings is 1. The number of rotatable bonds is 1. The maximum atomic E-state index is 12.8. The average molecular weight is 280 g/mol. The zero-order chi connectivity index (χ0) is 14.3. The number of aliphatic hydroxyl groups is 1. The SMILES string of the molecule is CN1CCC(C(=O)N2CC[C@@]3(C)C[C@H](O)CC[C@@H]23)CC1. The third-order valence-corrected chi connectivity index (χ3v) is 5.93. The number of hydrogen-bond acceptors (Lipinski definition) is 3. The summed E-state index contributed by atoms with van der Waals surface area (Å²) in [5, 5.41) is 9.92. The van der Waals surface area contributed by atoms with E-state index in [0.717, 1.165) is 58.2 Å². The summed E-state index contributed by atoms with van der Waals surface area (Å²) in [7, 11) is 2.14. The molecule has 2 saturated heterocycles. The largest absolute Gasteiger partial charge is 0.393 e. The third-order valence-electron chi connectivity index (χ3n) is 5.93. The average Bonchev–Trinajstić information content (AvgIpc) is 2.75. The molecular weight excluding hydrogens is 252 g/mol. The zero-order valence-electron chi connectivity index (χ0n) is 12.8. The van der Waals surface area contributed by atoms with E-state index in [1.54, 1.807) is 0 Å². The van der Waals surface area contributed by atoms with Gasteiger partial charge in [-0.3, -0.25) is 4.79 Å². The first-order chi connectivity index (χ1) is 9.49. The summed E-state index contributed by atoms with van der Waals surface area (Å²) in [5.41, 5.74) is 0.152. The van der Waals surface area contributed by atoms with Gasteiger partial charge in [-0.2, -0.15) is 0 Å². The Bertz CT molecular complexity index is 379. The third kappa shape index (κ3) is 2.48. The van der Waals surface area contributed by atoms with Crippen LogP contribution in [-0.2, 0) is 4.79 Å². The van der Waals surface area contributed by atoms with Crippen molar-refractivity contribution in [1.82, 2.24) is 9.80 Å². The molecule has 2 heterocycles. The number of carbonyl (C=O) groups is 1. The van der Waals surface area contributed by atoms with Gasteiger partial charge in [-0.1, -0.05) is 6.92 Å². The maximum absolute atomic E-state index is 12.8. The van der Waals surface area contributed by atoms with Gasteiger partial charge in [0.25, 0.3) is 0 Å². The molecular formula is C16H28N2O2. The van der Waals surface area contributed by atoms with Gasteiger partial charge >= 0.3 is 0 Å². The van der Waals surface area contributed by atoms with E-state index in [4.69, 9.17) is 0 Å². The normalized spacial score (nSPS) is 39.9. The van der Waals surface area contributed by atoms with Crippen molar-refractivity contribution < 1.29 is 9.90 Å². The highest BCUT2D eigenvalue weighted by molar-refractivity contribution is 5.79. The number of aliphatic hydroxyl groups excluding tert-OH is 1. The number of likely N-dealkylation sites (tertiary alicyclic amines) is 2. The second-order valence-corrected chi connectivity index (χ2v) is 7.46. The second kappa shape index (κ2) is 5.30. The molecule has 0 bridgehead atoms. The van der Waals surface area contributed by atoms with Crippen LogP contribution in [0.25, 0.3) is 0 Å². The molecule has 1 aliphatic carbocycles. The van der Waals surface area contributed by atoms with E-state index >= 15 is 0 Å². The number of carbonyl (C=O) groups excluding carboxylic acids is 1. The molecule has 20 heavy (non-hydrogen) atoms. The Morgan fingerprint density at radius 1 is 1.15 bits per heavy atom. The number of fused-ring (bicyclic) bond motifs is 1. The molecule has 1 amide bonds. The van der Waals surface area contributed by atoms with E-state index < -0.39 is 0 Å². The van der Waals surface area contributed by atoms with Gasteiger partial charge in [0, 0.05) is 18.5 Å². The van der Waals surface area contributed by atoms with Crippen LogP contribution in [0, 0.1) is 11.3 Å². The van der Waals surface area contributed by atoms with Gasteiger partial charge in [0.05, 0.1) is 6.10 Å². The molecule has 0 unspecified atom stereocenters. The predicted octanol–water partition coefficient (Wildman–Crippen LogP) is 1.48. The number of hydrogen-bond donors (Lipinski definition) is 1. The highest BCUT2D eigenvalue weighted by atomic mass is 16.3. The Morgan fingerprint density at radius 3 is 2.55 bits per heavy atom. The van der Waals surface area contributed by atoms with Crippen molar-refractivity contribution in [3.63, 3.8) is 0 Å². The van der Waals surface area contributed by atoms with Crippen molar-refractivity contribution in [3.05, 3.63) is 0 Å². The minimum Gasteiger partial charge on any atom is -0.393 e. The van der Waals surface area contributed by atoms with Gasteiger partial charge in [0.1, 0.15) is 0 Å². The summed E-state index contributed by atoms with van der Waals surface area (Å²) >= 11 is 0. The first-order valence-corrected chi connectivity index (χ1v) is 8.17. The monoisotopic (exact) mass is 280 g/mol. The van der Waals surface area contributed by atoms with Crippen LogP contribution >= 0.6 is 0 Å². The molecule has 114 valence electrons. The van der Waals surface area contributed by atoms with E-state index in [9.17, 15) is 9.90 Å². The second-order valence-electron chi connectivity index (χ2n) is 7.46. The van der Waals surface area contributed by atoms with Crippen molar-refractivity contribution >= 4 is 5.91 Å². The van der Waals surface area contributed by atoms with Crippen LogP contribution in [0.15, 0.2) is 0 Å². The fourth-order valence-corrected chi connectivity index (χ4v) is 4.56. The minimum absolute atomic E-state index is 0.152. The molecule has 0 aromatic carbocycles. The fraction of sp³-hybridized carbons (Fsp3) is 0.938. The molecule has 3 rings (SSSR count). The van der Waals surface area contributed by atoms with Gasteiger partial charge in [-0.25, -0.2) is 0 Å². The molecule has 3 aliphatic rings. The Morgan fingerprint density at radius 2 is 1.85 bits per heavy atom. The van der Waals surface area contributed by atoms with E-state index in [1.165, 1.54) is 0 Å². The molecule has 4 nitrogen and oxygen atoms in total. The zero-order valence-corrected chi connectivity index (χ0v) is 12.8. The first kappa shape index (κ1) is 14.3. The van der Waals surface area contributed by atoms with Gasteiger partial charge in [0.15, 0.2) is 0 Å². The molecule has 0 spiro atoms. The van der Waals surface area contributed by atoms with Gasteiger partial charge in [-0.15, -0.1) is 0 Å². The van der Waals surface area contributed by atoms with Crippen molar-refractivity contribution in [2.45, 2.75) is 57.6 Å². The highest BCUT2D eigenvalue weighted by Gasteiger charge is 2.49. The van der Waals surface area contributed by atoms with Crippen LogP contribution in [0.2, 0.25) is 0 Å². The molecule has 3 fully saturated rings. The van der Waals surface area contributed by atoms with E-state index in [-0.39, 0.29) is 17.4 Å². The maximum Gasteiger partial charge on any atom is 0.226 e. The molecule has 1 N–H and O–H groups in total. The topological polar surface area (TPSA) is 43.8 Å². The molecule has 3 atom stereocenters. The van der Waals surface area contributed by atoms with Crippen LogP contribution in [0.4, 0.5) is 0 Å². The Hall–Kier alpha value is -0.610. The summed E-state index contributed by atoms with van der Waals surface area (Å²) in [4.78, 5) is 17.3. The van der Waals surface area contributed by atoms with Crippen LogP contribution in [-0.4, -0.2) is 59.6 Å². The van der Waals surface area contributed by atoms with E-state index in [2.05, 4.69) is 23.8 Å². The molecule has 4 heteroatoms. The quantitative estimate of drug-likeness (QED) is 0.791. The van der Waals surface area contributed by atoms with Crippen LogP contribution in [0.1, 0.15) is 45.4 Å². The Labute approximate surface area is 122 Å². The molecule has 2 aliphatic heterocycles. The van der Waals surface area contributed by atoms with Crippen LogP contribution in [0.5, 0.6) is 0 Å². The molecule has 0 aromatic heterocycles. The van der Waals surface area contributed by atoms with Gasteiger partial charge < -0.3 is 14.9 Å². The Balaban J connectivity index is 1.67. The van der Waals surface area contributed by atoms with Gasteiger partial charge in [0.2, 0.25) is 5.91 Å². The smallest absolute Gasteiger partial charge is 0.226 e. The molecule has 0 radical (unpaired) electrons. The number of amides is 1. The molecule has 0 aromatic rings. The first-order valence-electron chi connectivity index (χ1n) is 8.17.